The van der Waals surface area contributed by atoms with E-state index in [-0.39, 0.29) is 0 Å². The molecule has 4 nitrogen and oxygen atoms in total. The minimum atomic E-state index is 0.459. The maximum absolute atomic E-state index is 6.09. The number of likely N-dealkylation sites (tertiary alicyclic amines) is 1. The average molecular weight is 291 g/mol. The molecule has 1 fully saturated rings. The SMILES string of the molecule is CN1CCCCC1CNc1nnc(Cl)c2ccccc12. The van der Waals surface area contributed by atoms with Crippen molar-refractivity contribution in [3.05, 3.63) is 29.4 Å². The smallest absolute Gasteiger partial charge is 0.159 e. The van der Waals surface area contributed by atoms with E-state index in [1.807, 2.05) is 24.3 Å². The molecule has 1 aromatic heterocycles. The predicted molar refractivity (Wildman–Crippen MR) is 83.3 cm³/mol. The van der Waals surface area contributed by atoms with Gasteiger partial charge in [0.25, 0.3) is 0 Å². The molecule has 1 unspecified atom stereocenters. The van der Waals surface area contributed by atoms with Gasteiger partial charge in [0.2, 0.25) is 0 Å². The summed E-state index contributed by atoms with van der Waals surface area (Å²) >= 11 is 6.09. The molecule has 0 amide bonds. The molecule has 1 aliphatic rings. The molecule has 0 spiro atoms. The molecular formula is C15H19ClN4. The van der Waals surface area contributed by atoms with Crippen molar-refractivity contribution in [1.82, 2.24) is 15.1 Å². The van der Waals surface area contributed by atoms with Crippen molar-refractivity contribution < 1.29 is 0 Å². The van der Waals surface area contributed by atoms with Crippen molar-refractivity contribution in [2.45, 2.75) is 25.3 Å². The van der Waals surface area contributed by atoms with Gasteiger partial charge in [-0.3, -0.25) is 0 Å². The molecule has 0 saturated carbocycles. The normalized spacial score (nSPS) is 20.2. The van der Waals surface area contributed by atoms with Gasteiger partial charge in [-0.15, -0.1) is 10.2 Å². The monoisotopic (exact) mass is 290 g/mol. The standard InChI is InChI=1S/C15H19ClN4/c1-20-9-5-4-6-11(20)10-17-15-13-8-3-2-7-12(13)14(16)18-19-15/h2-3,7-8,11H,4-6,9-10H2,1H3,(H,17,19). The molecule has 1 atom stereocenters. The van der Waals surface area contributed by atoms with Gasteiger partial charge in [0.15, 0.2) is 11.0 Å². The molecule has 0 radical (unpaired) electrons. The lowest BCUT2D eigenvalue weighted by atomic mass is 10.0. The summed E-state index contributed by atoms with van der Waals surface area (Å²) in [5.41, 5.74) is 0. The predicted octanol–water partition coefficient (Wildman–Crippen LogP) is 3.18. The van der Waals surface area contributed by atoms with Crippen LogP contribution in [0, 0.1) is 0 Å². The number of hydrogen-bond donors (Lipinski definition) is 1. The van der Waals surface area contributed by atoms with Crippen LogP contribution in [0.3, 0.4) is 0 Å². The van der Waals surface area contributed by atoms with Crippen LogP contribution in [-0.4, -0.2) is 41.3 Å². The van der Waals surface area contributed by atoms with E-state index in [1.54, 1.807) is 0 Å². The van der Waals surface area contributed by atoms with Gasteiger partial charge in [-0.2, -0.15) is 0 Å². The van der Waals surface area contributed by atoms with Crippen molar-refractivity contribution in [2.24, 2.45) is 0 Å². The molecule has 1 aliphatic heterocycles. The minimum absolute atomic E-state index is 0.459. The van der Waals surface area contributed by atoms with Gasteiger partial charge >= 0.3 is 0 Å². The van der Waals surface area contributed by atoms with Gasteiger partial charge in [-0.05, 0) is 26.4 Å². The Balaban J connectivity index is 1.79. The topological polar surface area (TPSA) is 41.0 Å². The number of likely N-dealkylation sites (N-methyl/N-ethyl adjacent to an activating group) is 1. The second-order valence-corrected chi connectivity index (χ2v) is 5.75. The van der Waals surface area contributed by atoms with E-state index in [1.165, 1.54) is 25.8 Å². The largest absolute Gasteiger partial charge is 0.366 e. The Hall–Kier alpha value is -1.39. The van der Waals surface area contributed by atoms with Crippen molar-refractivity contribution in [3.63, 3.8) is 0 Å². The zero-order valence-electron chi connectivity index (χ0n) is 11.6. The summed E-state index contributed by atoms with van der Waals surface area (Å²) in [6.45, 7) is 2.08. The number of aromatic nitrogens is 2. The fraction of sp³-hybridized carbons (Fsp3) is 0.467. The summed E-state index contributed by atoms with van der Waals surface area (Å²) in [6.07, 6.45) is 3.85. The third-order valence-electron chi connectivity index (χ3n) is 4.07. The van der Waals surface area contributed by atoms with Crippen LogP contribution in [0.5, 0.6) is 0 Å². The Labute approximate surface area is 124 Å². The maximum Gasteiger partial charge on any atom is 0.159 e. The number of benzene rings is 1. The second kappa shape index (κ2) is 5.94. The van der Waals surface area contributed by atoms with Crippen molar-refractivity contribution >= 4 is 28.2 Å². The minimum Gasteiger partial charge on any atom is -0.366 e. The Morgan fingerprint density at radius 3 is 2.85 bits per heavy atom. The van der Waals surface area contributed by atoms with Crippen molar-refractivity contribution in [2.75, 3.05) is 25.5 Å². The first-order valence-corrected chi connectivity index (χ1v) is 7.48. The summed E-state index contributed by atoms with van der Waals surface area (Å²) in [7, 11) is 2.19. The molecule has 0 aliphatic carbocycles. The number of anilines is 1. The highest BCUT2D eigenvalue weighted by molar-refractivity contribution is 6.34. The number of nitrogens with one attached hydrogen (secondary N) is 1. The first-order valence-electron chi connectivity index (χ1n) is 7.11. The number of hydrogen-bond acceptors (Lipinski definition) is 4. The molecule has 1 aromatic carbocycles. The third kappa shape index (κ3) is 2.72. The summed E-state index contributed by atoms with van der Waals surface area (Å²) in [5, 5.41) is 14.1. The van der Waals surface area contributed by atoms with E-state index in [0.717, 1.165) is 23.1 Å². The number of nitrogens with zero attached hydrogens (tertiary/aromatic N) is 3. The van der Waals surface area contributed by atoms with Gasteiger partial charge < -0.3 is 10.2 Å². The second-order valence-electron chi connectivity index (χ2n) is 5.40. The van der Waals surface area contributed by atoms with Crippen LogP contribution >= 0.6 is 11.6 Å². The Kier molecular flexibility index (Phi) is 4.03. The van der Waals surface area contributed by atoms with Crippen LogP contribution in [0.25, 0.3) is 10.8 Å². The lowest BCUT2D eigenvalue weighted by Gasteiger charge is -2.32. The quantitative estimate of drug-likeness (QED) is 0.943. The molecule has 0 bridgehead atoms. The first-order chi connectivity index (χ1) is 9.75. The zero-order valence-corrected chi connectivity index (χ0v) is 12.4. The molecule has 2 aromatic rings. The number of rotatable bonds is 3. The van der Waals surface area contributed by atoms with Crippen LogP contribution in [0.2, 0.25) is 5.15 Å². The molecule has 2 heterocycles. The third-order valence-corrected chi connectivity index (χ3v) is 4.35. The summed E-state index contributed by atoms with van der Waals surface area (Å²) in [6, 6.07) is 8.54. The highest BCUT2D eigenvalue weighted by atomic mass is 35.5. The number of fused-ring (bicyclic) bond motifs is 1. The lowest BCUT2D eigenvalue weighted by Crippen LogP contribution is -2.40. The molecule has 1 N–H and O–H groups in total. The van der Waals surface area contributed by atoms with Crippen LogP contribution in [0.4, 0.5) is 5.82 Å². The van der Waals surface area contributed by atoms with Gasteiger partial charge in [0.1, 0.15) is 0 Å². The molecule has 20 heavy (non-hydrogen) atoms. The highest BCUT2D eigenvalue weighted by Crippen LogP contribution is 2.26. The van der Waals surface area contributed by atoms with E-state index in [2.05, 4.69) is 27.5 Å². The van der Waals surface area contributed by atoms with Crippen molar-refractivity contribution in [3.8, 4) is 0 Å². The van der Waals surface area contributed by atoms with Gasteiger partial charge in [-0.25, -0.2) is 0 Å². The zero-order chi connectivity index (χ0) is 13.9. The summed E-state index contributed by atoms with van der Waals surface area (Å²) in [4.78, 5) is 2.42. The number of piperidine rings is 1. The van der Waals surface area contributed by atoms with Crippen LogP contribution in [0.1, 0.15) is 19.3 Å². The number of halogens is 1. The summed E-state index contributed by atoms with van der Waals surface area (Å²) < 4.78 is 0. The fourth-order valence-electron chi connectivity index (χ4n) is 2.82. The van der Waals surface area contributed by atoms with E-state index in [9.17, 15) is 0 Å². The fourth-order valence-corrected chi connectivity index (χ4v) is 3.02. The van der Waals surface area contributed by atoms with E-state index < -0.39 is 0 Å². The average Bonchev–Trinajstić information content (AvgIpc) is 2.48. The Morgan fingerprint density at radius 2 is 2.05 bits per heavy atom. The molecular weight excluding hydrogens is 272 g/mol. The Morgan fingerprint density at radius 1 is 1.25 bits per heavy atom. The molecule has 106 valence electrons. The van der Waals surface area contributed by atoms with E-state index in [4.69, 9.17) is 11.6 Å². The van der Waals surface area contributed by atoms with Crippen LogP contribution < -0.4 is 5.32 Å². The van der Waals surface area contributed by atoms with Crippen LogP contribution in [0.15, 0.2) is 24.3 Å². The van der Waals surface area contributed by atoms with Crippen LogP contribution in [-0.2, 0) is 0 Å². The van der Waals surface area contributed by atoms with E-state index >= 15 is 0 Å². The molecule has 5 heteroatoms. The maximum atomic E-state index is 6.09. The Bertz CT molecular complexity index is 601. The molecule has 1 saturated heterocycles. The van der Waals surface area contributed by atoms with Crippen molar-refractivity contribution in [1.29, 1.82) is 0 Å². The van der Waals surface area contributed by atoms with Gasteiger partial charge in [0, 0.05) is 23.4 Å². The van der Waals surface area contributed by atoms with E-state index in [0.29, 0.717) is 11.2 Å². The summed E-state index contributed by atoms with van der Waals surface area (Å²) in [5.74, 6) is 0.823. The first kappa shape index (κ1) is 13.6. The molecule has 3 rings (SSSR count). The van der Waals surface area contributed by atoms with Gasteiger partial charge in [-0.1, -0.05) is 42.3 Å². The van der Waals surface area contributed by atoms with Gasteiger partial charge in [0.05, 0.1) is 0 Å². The lowest BCUT2D eigenvalue weighted by molar-refractivity contribution is 0.194. The highest BCUT2D eigenvalue weighted by Gasteiger charge is 2.19.